The summed E-state index contributed by atoms with van der Waals surface area (Å²) < 4.78 is 11.9. The topological polar surface area (TPSA) is 147 Å². The molecule has 0 saturated carbocycles. The quantitative estimate of drug-likeness (QED) is 0.219. The number of carboxylic acids is 1. The van der Waals surface area contributed by atoms with Crippen molar-refractivity contribution in [2.45, 2.75) is 12.5 Å². The summed E-state index contributed by atoms with van der Waals surface area (Å²) in [4.78, 5) is 33.4. The van der Waals surface area contributed by atoms with E-state index in [0.717, 1.165) is 0 Å². The maximum absolute atomic E-state index is 12.9. The second-order valence-electron chi connectivity index (χ2n) is 6.51. The molecule has 2 aliphatic heterocycles. The first-order valence-electron chi connectivity index (χ1n) is 8.81. The van der Waals surface area contributed by atoms with Crippen molar-refractivity contribution in [3.05, 3.63) is 34.3 Å². The Labute approximate surface area is 174 Å². The van der Waals surface area contributed by atoms with E-state index in [2.05, 4.69) is 21.9 Å². The number of amides is 1. The van der Waals surface area contributed by atoms with E-state index in [1.54, 1.807) is 21.5 Å². The molecule has 156 valence electrons. The minimum atomic E-state index is -1.38. The molecule has 10 nitrogen and oxygen atoms in total. The molecule has 0 spiro atoms. The summed E-state index contributed by atoms with van der Waals surface area (Å²) in [5, 5.41) is 17.8. The lowest BCUT2D eigenvalue weighted by Crippen LogP contribution is -2.43. The largest absolute Gasteiger partial charge is 0.612 e. The van der Waals surface area contributed by atoms with Crippen LogP contribution in [0.2, 0.25) is 0 Å². The molecule has 1 aromatic rings. The van der Waals surface area contributed by atoms with Crippen LogP contribution < -0.4 is 11.1 Å². The van der Waals surface area contributed by atoms with Gasteiger partial charge in [-0.25, -0.2) is 14.8 Å². The molecule has 0 aliphatic carbocycles. The Balaban J connectivity index is 1.73. The SMILES string of the molecule is C=CCC/N=C(\C(=O)N[C@H]1CN2CC([S+](C)[O-])=C(C(=O)O)N2C1)c1csc(N)n1. The number of nitrogen functional groups attached to an aromatic ring is 1. The van der Waals surface area contributed by atoms with E-state index in [1.165, 1.54) is 17.6 Å². The van der Waals surface area contributed by atoms with Gasteiger partial charge in [0.1, 0.15) is 17.7 Å². The van der Waals surface area contributed by atoms with Gasteiger partial charge in [0.05, 0.1) is 19.1 Å². The van der Waals surface area contributed by atoms with E-state index in [9.17, 15) is 19.2 Å². The number of hydrazine groups is 1. The third-order valence-electron chi connectivity index (χ3n) is 4.48. The zero-order chi connectivity index (χ0) is 21.1. The zero-order valence-corrected chi connectivity index (χ0v) is 17.5. The lowest BCUT2D eigenvalue weighted by Gasteiger charge is -2.20. The smallest absolute Gasteiger partial charge is 0.358 e. The van der Waals surface area contributed by atoms with Gasteiger partial charge in [0.15, 0.2) is 15.7 Å². The molecule has 3 heterocycles. The van der Waals surface area contributed by atoms with E-state index in [-0.39, 0.29) is 30.5 Å². The first-order valence-corrected chi connectivity index (χ1v) is 11.3. The standard InChI is InChI=1S/C17H22N6O4S2/c1-3-4-5-19-13(11-9-28-17(18)21-11)15(24)20-10-6-22-8-12(29(2)27)14(16(25)26)23(22)7-10/h3,9-10H,1,4-8H2,2H3,(H2,18,21)(H,20,24)(H,25,26)/b19-13-/t10-,29?/m0/s1. The fourth-order valence-electron chi connectivity index (χ4n) is 3.24. The molecule has 0 radical (unpaired) electrons. The average molecular weight is 439 g/mol. The number of nitrogens with one attached hydrogen (secondary N) is 1. The Hall–Kier alpha value is -2.41. The molecule has 1 saturated heterocycles. The van der Waals surface area contributed by atoms with Gasteiger partial charge in [0.25, 0.3) is 5.91 Å². The Bertz CT molecular complexity index is 881. The van der Waals surface area contributed by atoms with Crippen molar-refractivity contribution in [1.82, 2.24) is 20.3 Å². The first kappa shape index (κ1) is 21.3. The Morgan fingerprint density at radius 1 is 1.59 bits per heavy atom. The average Bonchev–Trinajstić information content (AvgIpc) is 3.32. The highest BCUT2D eigenvalue weighted by Crippen LogP contribution is 2.30. The number of aliphatic imine (C=N–C) groups is 1. The number of carbonyl (C=O) groups is 2. The van der Waals surface area contributed by atoms with Crippen LogP contribution in [0.4, 0.5) is 5.13 Å². The molecule has 4 N–H and O–H groups in total. The minimum absolute atomic E-state index is 0.0229. The molecule has 1 amide bonds. The van der Waals surface area contributed by atoms with Crippen LogP contribution in [0.25, 0.3) is 0 Å². The summed E-state index contributed by atoms with van der Waals surface area (Å²) in [6.07, 6.45) is 3.79. The van der Waals surface area contributed by atoms with Crippen molar-refractivity contribution >= 4 is 45.2 Å². The Morgan fingerprint density at radius 3 is 2.93 bits per heavy atom. The summed E-state index contributed by atoms with van der Waals surface area (Å²) in [6, 6.07) is -0.315. The molecular formula is C17H22N6O4S2. The van der Waals surface area contributed by atoms with Gasteiger partial charge in [-0.2, -0.15) is 0 Å². The number of rotatable bonds is 8. The van der Waals surface area contributed by atoms with E-state index in [0.29, 0.717) is 35.2 Å². The van der Waals surface area contributed by atoms with Crippen LogP contribution in [0, 0.1) is 0 Å². The third kappa shape index (κ3) is 4.61. The fraction of sp³-hybridized carbons (Fsp3) is 0.412. The molecule has 2 aliphatic rings. The highest BCUT2D eigenvalue weighted by molar-refractivity contribution is 7.94. The molecule has 2 atom stereocenters. The van der Waals surface area contributed by atoms with E-state index in [4.69, 9.17) is 5.73 Å². The van der Waals surface area contributed by atoms with Crippen LogP contribution in [0.5, 0.6) is 0 Å². The first-order chi connectivity index (χ1) is 13.8. The number of hydrogen-bond acceptors (Lipinski definition) is 9. The molecule has 1 unspecified atom stereocenters. The molecule has 3 rings (SSSR count). The van der Waals surface area contributed by atoms with Crippen LogP contribution in [0.3, 0.4) is 0 Å². The van der Waals surface area contributed by atoms with Crippen molar-refractivity contribution in [2.24, 2.45) is 4.99 Å². The number of hydrogen-bond donors (Lipinski definition) is 3. The monoisotopic (exact) mass is 438 g/mol. The van der Waals surface area contributed by atoms with Gasteiger partial charge in [-0.15, -0.1) is 17.9 Å². The summed E-state index contributed by atoms with van der Waals surface area (Å²) >= 11 is -0.154. The molecular weight excluding hydrogens is 416 g/mol. The van der Waals surface area contributed by atoms with Crippen molar-refractivity contribution in [3.63, 3.8) is 0 Å². The van der Waals surface area contributed by atoms with Crippen LogP contribution >= 0.6 is 11.3 Å². The van der Waals surface area contributed by atoms with E-state index in [1.807, 2.05) is 0 Å². The number of nitrogens with two attached hydrogens (primary N) is 1. The highest BCUT2D eigenvalue weighted by atomic mass is 32.2. The molecule has 29 heavy (non-hydrogen) atoms. The number of aliphatic carboxylic acids is 1. The lowest BCUT2D eigenvalue weighted by molar-refractivity contribution is -0.135. The predicted octanol–water partition coefficient (Wildman–Crippen LogP) is -0.204. The summed E-state index contributed by atoms with van der Waals surface area (Å²) in [5.74, 6) is -1.53. The second-order valence-corrected chi connectivity index (χ2v) is 8.80. The van der Waals surface area contributed by atoms with Crippen molar-refractivity contribution in [2.75, 3.05) is 38.2 Å². The number of nitrogens with zero attached hydrogens (tertiary/aromatic N) is 4. The summed E-state index contributed by atoms with van der Waals surface area (Å²) in [7, 11) is 0. The second kappa shape index (κ2) is 8.95. The van der Waals surface area contributed by atoms with Crippen LogP contribution in [-0.4, -0.2) is 80.7 Å². The van der Waals surface area contributed by atoms with Crippen LogP contribution in [0.15, 0.2) is 33.6 Å². The number of fused-ring (bicyclic) bond motifs is 1. The Morgan fingerprint density at radius 2 is 2.34 bits per heavy atom. The summed E-state index contributed by atoms with van der Waals surface area (Å²) in [6.45, 7) is 4.98. The van der Waals surface area contributed by atoms with Gasteiger partial charge in [0, 0.05) is 18.5 Å². The maximum Gasteiger partial charge on any atom is 0.358 e. The number of thiazole rings is 1. The maximum atomic E-state index is 12.9. The lowest BCUT2D eigenvalue weighted by atomic mass is 10.2. The minimum Gasteiger partial charge on any atom is -0.612 e. The van der Waals surface area contributed by atoms with Gasteiger partial charge in [-0.1, -0.05) is 6.08 Å². The summed E-state index contributed by atoms with van der Waals surface area (Å²) in [5.41, 5.74) is 6.30. The van der Waals surface area contributed by atoms with Crippen LogP contribution in [0.1, 0.15) is 12.1 Å². The Kier molecular flexibility index (Phi) is 6.57. The number of anilines is 1. The highest BCUT2D eigenvalue weighted by Gasteiger charge is 2.45. The molecule has 0 aromatic carbocycles. The van der Waals surface area contributed by atoms with Gasteiger partial charge < -0.3 is 20.7 Å². The molecule has 1 fully saturated rings. The van der Waals surface area contributed by atoms with Crippen LogP contribution in [-0.2, 0) is 20.8 Å². The van der Waals surface area contributed by atoms with Gasteiger partial charge in [-0.3, -0.25) is 14.8 Å². The zero-order valence-electron chi connectivity index (χ0n) is 15.8. The normalized spacial score (nSPS) is 20.7. The number of aromatic nitrogens is 1. The van der Waals surface area contributed by atoms with Gasteiger partial charge in [0.2, 0.25) is 0 Å². The number of carbonyl (C=O) groups excluding carboxylic acids is 1. The van der Waals surface area contributed by atoms with E-state index >= 15 is 0 Å². The van der Waals surface area contributed by atoms with E-state index < -0.39 is 23.1 Å². The van der Waals surface area contributed by atoms with Crippen molar-refractivity contribution in [1.29, 1.82) is 0 Å². The fourth-order valence-corrected chi connectivity index (χ4v) is 4.58. The molecule has 12 heteroatoms. The third-order valence-corrected chi connectivity index (χ3v) is 6.17. The van der Waals surface area contributed by atoms with Crippen molar-refractivity contribution in [3.8, 4) is 0 Å². The molecule has 0 bridgehead atoms. The van der Waals surface area contributed by atoms with Gasteiger partial charge >= 0.3 is 5.97 Å². The number of carboxylic acid groups (broad SMARTS) is 1. The van der Waals surface area contributed by atoms with Gasteiger partial charge in [-0.05, 0) is 17.6 Å². The van der Waals surface area contributed by atoms with Crippen molar-refractivity contribution < 1.29 is 19.2 Å². The predicted molar refractivity (Wildman–Crippen MR) is 112 cm³/mol. The molecule has 1 aromatic heterocycles.